The third kappa shape index (κ3) is 5.19. The number of allylic oxidation sites excluding steroid dienone is 1. The van der Waals surface area contributed by atoms with Gasteiger partial charge in [-0.05, 0) is 73.1 Å². The Hall–Kier alpha value is -3.04. The molecule has 2 aromatic rings. The number of ether oxygens (including phenoxy) is 3. The number of imide groups is 1. The molecule has 2 heterocycles. The van der Waals surface area contributed by atoms with E-state index in [-0.39, 0.29) is 40.5 Å². The number of alkyl halides is 1. The second-order valence-corrected chi connectivity index (χ2v) is 14.4. The number of amides is 2. The van der Waals surface area contributed by atoms with Gasteiger partial charge in [-0.1, -0.05) is 80.8 Å². The van der Waals surface area contributed by atoms with Crippen molar-refractivity contribution in [2.45, 2.75) is 89.8 Å². The highest BCUT2D eigenvalue weighted by atomic mass is 35.5. The van der Waals surface area contributed by atoms with Gasteiger partial charge in [-0.15, -0.1) is 11.6 Å². The SMILES string of the molecule is CC1(C)O[C@@H](/C=C2\[C@@H](Cl)C[C@H]3C(C)(C)CCC[C@]23C)[C@](COCc2ccccc2)(C(=O)ON2C(=O)c3ccccc3C2=O)O1. The van der Waals surface area contributed by atoms with E-state index in [2.05, 4.69) is 20.8 Å². The molecule has 9 heteroatoms. The summed E-state index contributed by atoms with van der Waals surface area (Å²) in [7, 11) is 0. The molecule has 0 radical (unpaired) electrons. The lowest BCUT2D eigenvalue weighted by Crippen LogP contribution is -2.55. The van der Waals surface area contributed by atoms with Gasteiger partial charge >= 0.3 is 5.97 Å². The average Bonchev–Trinajstić information content (AvgIpc) is 3.50. The van der Waals surface area contributed by atoms with Crippen molar-refractivity contribution in [1.82, 2.24) is 5.06 Å². The first kappa shape index (κ1) is 31.0. The quantitative estimate of drug-likeness (QED) is 0.195. The van der Waals surface area contributed by atoms with E-state index >= 15 is 0 Å². The minimum absolute atomic E-state index is 0.113. The highest BCUT2D eigenvalue weighted by molar-refractivity contribution is 6.23. The maximum atomic E-state index is 14.3. The van der Waals surface area contributed by atoms with Crippen LogP contribution >= 0.6 is 11.6 Å². The van der Waals surface area contributed by atoms with Crippen LogP contribution in [0.15, 0.2) is 66.2 Å². The van der Waals surface area contributed by atoms with E-state index in [9.17, 15) is 14.4 Å². The summed E-state index contributed by atoms with van der Waals surface area (Å²) in [6.45, 7) is 10.3. The molecule has 2 aliphatic heterocycles. The summed E-state index contributed by atoms with van der Waals surface area (Å²) in [6.07, 6.45) is 4.97. The molecule has 0 spiro atoms. The molecule has 5 atom stereocenters. The molecule has 4 aliphatic rings. The number of hydrogen-bond acceptors (Lipinski definition) is 7. The predicted octanol–water partition coefficient (Wildman–Crippen LogP) is 6.62. The smallest absolute Gasteiger partial charge is 0.370 e. The predicted molar refractivity (Wildman–Crippen MR) is 163 cm³/mol. The molecule has 234 valence electrons. The molecule has 6 rings (SSSR count). The highest BCUT2D eigenvalue weighted by Crippen LogP contribution is 2.63. The fourth-order valence-corrected chi connectivity index (χ4v) is 8.42. The van der Waals surface area contributed by atoms with E-state index in [1.165, 1.54) is 12.1 Å². The van der Waals surface area contributed by atoms with Crippen molar-refractivity contribution in [3.63, 3.8) is 0 Å². The normalized spacial score (nSPS) is 33.0. The fraction of sp³-hybridized carbons (Fsp3) is 0.514. The van der Waals surface area contributed by atoms with Gasteiger partial charge in [0.15, 0.2) is 5.79 Å². The van der Waals surface area contributed by atoms with Gasteiger partial charge in [-0.2, -0.15) is 0 Å². The van der Waals surface area contributed by atoms with E-state index in [1.807, 2.05) is 36.4 Å². The zero-order valence-corrected chi connectivity index (χ0v) is 26.7. The first-order valence-corrected chi connectivity index (χ1v) is 15.8. The van der Waals surface area contributed by atoms with Crippen molar-refractivity contribution >= 4 is 29.4 Å². The Morgan fingerprint density at radius 1 is 0.977 bits per heavy atom. The topological polar surface area (TPSA) is 91.4 Å². The monoisotopic (exact) mass is 621 g/mol. The van der Waals surface area contributed by atoms with Crippen molar-refractivity contribution in [2.24, 2.45) is 16.7 Å². The molecule has 2 aliphatic carbocycles. The van der Waals surface area contributed by atoms with Crippen LogP contribution in [0.2, 0.25) is 0 Å². The Kier molecular flexibility index (Phi) is 7.80. The van der Waals surface area contributed by atoms with E-state index in [4.69, 9.17) is 30.6 Å². The number of hydroxylamine groups is 2. The molecular weight excluding hydrogens is 582 g/mol. The minimum Gasteiger partial charge on any atom is -0.373 e. The number of carbonyl (C=O) groups is 3. The van der Waals surface area contributed by atoms with Crippen LogP contribution in [0.1, 0.15) is 86.6 Å². The lowest BCUT2D eigenvalue weighted by Gasteiger charge is -2.48. The number of nitrogens with zero attached hydrogens (tertiary/aromatic N) is 1. The van der Waals surface area contributed by atoms with Crippen molar-refractivity contribution in [3.05, 3.63) is 82.9 Å². The molecule has 0 unspecified atom stereocenters. The van der Waals surface area contributed by atoms with Crippen molar-refractivity contribution in [2.75, 3.05) is 6.61 Å². The number of carbonyl (C=O) groups excluding carboxylic acids is 3. The summed E-state index contributed by atoms with van der Waals surface area (Å²) in [4.78, 5) is 46.2. The van der Waals surface area contributed by atoms with Crippen molar-refractivity contribution in [1.29, 1.82) is 0 Å². The molecular formula is C35H40ClNO7. The molecule has 0 N–H and O–H groups in total. The van der Waals surface area contributed by atoms with Gasteiger partial charge in [0.05, 0.1) is 29.7 Å². The maximum Gasteiger partial charge on any atom is 0.370 e. The second kappa shape index (κ2) is 11.1. The number of hydrogen-bond donors (Lipinski definition) is 0. The number of rotatable bonds is 7. The summed E-state index contributed by atoms with van der Waals surface area (Å²) < 4.78 is 19.0. The van der Waals surface area contributed by atoms with Crippen LogP contribution in [0, 0.1) is 16.7 Å². The largest absolute Gasteiger partial charge is 0.373 e. The van der Waals surface area contributed by atoms with Gasteiger partial charge in [-0.25, -0.2) is 4.79 Å². The first-order valence-electron chi connectivity index (χ1n) is 15.3. The maximum absolute atomic E-state index is 14.3. The highest BCUT2D eigenvalue weighted by Gasteiger charge is 2.62. The standard InChI is InChI=1S/C35H40ClNO7/c1-32(2)16-11-17-34(5)25(26(36)19-27(32)34)18-28-35(44-33(3,4)42-28,21-41-20-22-12-7-6-8-13-22)31(40)43-37-29(38)23-14-9-10-15-24(23)30(37)39/h6-10,12-15,18,26-28H,11,16-17,19-21H2,1-5H3/b25-18+/t26-,27-,28-,34+,35+/m0/s1. The van der Waals surface area contributed by atoms with Crippen LogP contribution in [0.5, 0.6) is 0 Å². The van der Waals surface area contributed by atoms with E-state index in [0.717, 1.165) is 36.8 Å². The third-order valence-corrected chi connectivity index (χ3v) is 10.4. The van der Waals surface area contributed by atoms with Crippen LogP contribution < -0.4 is 0 Å². The van der Waals surface area contributed by atoms with Crippen LogP contribution in [-0.4, -0.2) is 52.3 Å². The third-order valence-electron chi connectivity index (χ3n) is 10.0. The molecule has 44 heavy (non-hydrogen) atoms. The first-order chi connectivity index (χ1) is 20.8. The summed E-state index contributed by atoms with van der Waals surface area (Å²) >= 11 is 7.09. The summed E-state index contributed by atoms with van der Waals surface area (Å²) in [5.41, 5.74) is 0.338. The van der Waals surface area contributed by atoms with Gasteiger partial charge < -0.3 is 19.0 Å². The van der Waals surface area contributed by atoms with E-state index < -0.39 is 35.3 Å². The van der Waals surface area contributed by atoms with Crippen LogP contribution in [0.4, 0.5) is 0 Å². The van der Waals surface area contributed by atoms with Gasteiger partial charge in [0.25, 0.3) is 11.8 Å². The second-order valence-electron chi connectivity index (χ2n) is 13.9. The van der Waals surface area contributed by atoms with Crippen LogP contribution in [0.3, 0.4) is 0 Å². The lowest BCUT2D eigenvalue weighted by atomic mass is 9.57. The summed E-state index contributed by atoms with van der Waals surface area (Å²) in [5.74, 6) is -3.25. The molecule has 1 saturated heterocycles. The molecule has 2 saturated carbocycles. The van der Waals surface area contributed by atoms with Crippen LogP contribution in [-0.2, 0) is 30.4 Å². The number of fused-ring (bicyclic) bond motifs is 2. The minimum atomic E-state index is -1.84. The van der Waals surface area contributed by atoms with Crippen LogP contribution in [0.25, 0.3) is 0 Å². The van der Waals surface area contributed by atoms with Gasteiger partial charge in [0, 0.05) is 0 Å². The Morgan fingerprint density at radius 3 is 2.27 bits per heavy atom. The zero-order chi connectivity index (χ0) is 31.5. The zero-order valence-electron chi connectivity index (χ0n) is 25.9. The van der Waals surface area contributed by atoms with Gasteiger partial charge in [0.1, 0.15) is 6.10 Å². The summed E-state index contributed by atoms with van der Waals surface area (Å²) in [6, 6.07) is 15.9. The Labute approximate surface area is 263 Å². The van der Waals surface area contributed by atoms with Gasteiger partial charge in [0.2, 0.25) is 5.60 Å². The Balaban J connectivity index is 1.37. The van der Waals surface area contributed by atoms with Gasteiger partial charge in [-0.3, -0.25) is 9.59 Å². The molecule has 0 aromatic heterocycles. The Morgan fingerprint density at radius 2 is 1.61 bits per heavy atom. The molecule has 2 aromatic carbocycles. The molecule has 2 amide bonds. The fourth-order valence-electron chi connectivity index (χ4n) is 7.92. The number of benzene rings is 2. The van der Waals surface area contributed by atoms with E-state index in [1.54, 1.807) is 26.0 Å². The summed E-state index contributed by atoms with van der Waals surface area (Å²) in [5, 5.41) is 0.260. The average molecular weight is 622 g/mol. The lowest BCUT2D eigenvalue weighted by molar-refractivity contribution is -0.215. The Bertz CT molecular complexity index is 1470. The molecule has 8 nitrogen and oxygen atoms in total. The number of halogens is 1. The van der Waals surface area contributed by atoms with Crippen molar-refractivity contribution in [3.8, 4) is 0 Å². The van der Waals surface area contributed by atoms with Crippen molar-refractivity contribution < 1.29 is 33.4 Å². The molecule has 3 fully saturated rings. The molecule has 0 bridgehead atoms. The van der Waals surface area contributed by atoms with E-state index in [0.29, 0.717) is 11.0 Å².